The highest BCUT2D eigenvalue weighted by molar-refractivity contribution is 7.89. The summed E-state index contributed by atoms with van der Waals surface area (Å²) in [5, 5.41) is 9.32. The summed E-state index contributed by atoms with van der Waals surface area (Å²) in [4.78, 5) is 2.72. The fourth-order valence-electron chi connectivity index (χ4n) is 4.58. The van der Waals surface area contributed by atoms with Crippen LogP contribution in [-0.4, -0.2) is 56.1 Å². The molecule has 30 heavy (non-hydrogen) atoms. The van der Waals surface area contributed by atoms with Crippen molar-refractivity contribution in [2.24, 2.45) is 0 Å². The average molecular weight is 426 g/mol. The number of benzene rings is 2. The van der Waals surface area contributed by atoms with E-state index in [4.69, 9.17) is 4.74 Å². The van der Waals surface area contributed by atoms with E-state index in [0.717, 1.165) is 30.6 Å². The normalized spacial score (nSPS) is 19.7. The Kier molecular flexibility index (Phi) is 5.94. The molecule has 0 radical (unpaired) electrons. The predicted octanol–water partition coefficient (Wildman–Crippen LogP) is 2.92. The molecule has 7 heteroatoms. The molecule has 0 N–H and O–H groups in total. The van der Waals surface area contributed by atoms with Gasteiger partial charge in [0.15, 0.2) is 0 Å². The molecule has 4 rings (SSSR count). The first-order valence-corrected chi connectivity index (χ1v) is 11.8. The summed E-state index contributed by atoms with van der Waals surface area (Å²) in [6.07, 6.45) is 2.08. The second-order valence-corrected chi connectivity index (χ2v) is 9.88. The number of hydrogen-bond donors (Lipinski definition) is 0. The van der Waals surface area contributed by atoms with Gasteiger partial charge in [-0.15, -0.1) is 0 Å². The van der Waals surface area contributed by atoms with Crippen molar-refractivity contribution in [3.63, 3.8) is 0 Å². The van der Waals surface area contributed by atoms with E-state index in [1.54, 1.807) is 16.4 Å². The quantitative estimate of drug-likeness (QED) is 0.736. The Hall–Kier alpha value is -2.24. The van der Waals surface area contributed by atoms with E-state index in [9.17, 15) is 13.7 Å². The van der Waals surface area contributed by atoms with Crippen LogP contribution in [0.25, 0.3) is 0 Å². The van der Waals surface area contributed by atoms with E-state index < -0.39 is 15.7 Å². The van der Waals surface area contributed by atoms with Crippen LogP contribution in [0.4, 0.5) is 0 Å². The van der Waals surface area contributed by atoms with Gasteiger partial charge in [-0.3, -0.25) is 4.90 Å². The zero-order valence-corrected chi connectivity index (χ0v) is 18.1. The average Bonchev–Trinajstić information content (AvgIpc) is 3.14. The molecule has 6 nitrogen and oxygen atoms in total. The minimum absolute atomic E-state index is 0.387. The van der Waals surface area contributed by atoms with Crippen LogP contribution >= 0.6 is 0 Å². The maximum atomic E-state index is 13.1. The number of aryl methyl sites for hydroxylation is 1. The number of piperidine rings is 1. The van der Waals surface area contributed by atoms with Crippen molar-refractivity contribution >= 4 is 10.0 Å². The first-order valence-electron chi connectivity index (χ1n) is 10.4. The molecular formula is C23H27N3O3S. The molecule has 0 aliphatic carbocycles. The monoisotopic (exact) mass is 425 g/mol. The van der Waals surface area contributed by atoms with Crippen molar-refractivity contribution in [2.75, 3.05) is 32.8 Å². The van der Waals surface area contributed by atoms with Gasteiger partial charge in [-0.1, -0.05) is 36.4 Å². The summed E-state index contributed by atoms with van der Waals surface area (Å²) in [6.45, 7) is 5.01. The zero-order valence-electron chi connectivity index (χ0n) is 17.3. The van der Waals surface area contributed by atoms with Gasteiger partial charge in [-0.2, -0.15) is 9.57 Å². The van der Waals surface area contributed by atoms with E-state index in [1.165, 1.54) is 0 Å². The molecule has 2 heterocycles. The molecule has 0 atom stereocenters. The molecule has 2 aromatic rings. The number of hydrogen-bond acceptors (Lipinski definition) is 5. The lowest BCUT2D eigenvalue weighted by atomic mass is 9.99. The van der Waals surface area contributed by atoms with Crippen LogP contribution in [-0.2, 0) is 21.2 Å². The predicted molar refractivity (Wildman–Crippen MR) is 114 cm³/mol. The lowest BCUT2D eigenvalue weighted by Crippen LogP contribution is -2.54. The molecule has 2 aromatic carbocycles. The Morgan fingerprint density at radius 2 is 1.77 bits per heavy atom. The van der Waals surface area contributed by atoms with Crippen molar-refractivity contribution in [3.05, 3.63) is 65.2 Å². The van der Waals surface area contributed by atoms with Crippen LogP contribution in [0.3, 0.4) is 0 Å². The highest BCUT2D eigenvalue weighted by atomic mass is 32.2. The van der Waals surface area contributed by atoms with Gasteiger partial charge in [0.25, 0.3) is 0 Å². The molecule has 158 valence electrons. The molecule has 0 aromatic heterocycles. The molecule has 2 aliphatic heterocycles. The van der Waals surface area contributed by atoms with Crippen molar-refractivity contribution in [1.29, 1.82) is 5.26 Å². The van der Waals surface area contributed by atoms with Crippen LogP contribution < -0.4 is 0 Å². The second-order valence-electron chi connectivity index (χ2n) is 7.97. The highest BCUT2D eigenvalue weighted by Gasteiger charge is 2.46. The van der Waals surface area contributed by atoms with Crippen molar-refractivity contribution in [3.8, 4) is 6.07 Å². The molecule has 0 saturated carbocycles. The molecule has 0 bridgehead atoms. The number of rotatable bonds is 5. The fourth-order valence-corrected chi connectivity index (χ4v) is 6.25. The van der Waals surface area contributed by atoms with Crippen molar-refractivity contribution < 1.29 is 13.2 Å². The van der Waals surface area contributed by atoms with Crippen LogP contribution in [0.15, 0.2) is 53.4 Å². The molecule has 0 amide bonds. The molecule has 2 saturated heterocycles. The largest absolute Gasteiger partial charge is 0.359 e. The van der Waals surface area contributed by atoms with Gasteiger partial charge in [0, 0.05) is 39.0 Å². The number of ether oxygens (including phenoxy) is 1. The number of nitrogens with zero attached hydrogens (tertiary/aromatic N) is 3. The Morgan fingerprint density at radius 3 is 2.50 bits per heavy atom. The van der Waals surface area contributed by atoms with Gasteiger partial charge in [0.05, 0.1) is 23.1 Å². The summed E-state index contributed by atoms with van der Waals surface area (Å²) in [5.41, 5.74) is 2.12. The Labute approximate surface area is 178 Å². The van der Waals surface area contributed by atoms with Crippen LogP contribution in [0.2, 0.25) is 0 Å². The van der Waals surface area contributed by atoms with Gasteiger partial charge in [0.1, 0.15) is 5.72 Å². The smallest absolute Gasteiger partial charge is 0.243 e. The first-order chi connectivity index (χ1) is 14.5. The van der Waals surface area contributed by atoms with E-state index >= 15 is 0 Å². The van der Waals surface area contributed by atoms with Gasteiger partial charge in [-0.25, -0.2) is 8.42 Å². The standard InChI is InChI=1S/C23H27N3O3S/c1-19-6-2-5-9-22(19)30(27,28)26-14-11-23(12-15-26)25(16-17-29-23)13-10-20-7-3-4-8-21(20)18-24/h2-9H,10-17H2,1H3. The molecule has 1 spiro atoms. The van der Waals surface area contributed by atoms with Crippen molar-refractivity contribution in [1.82, 2.24) is 9.21 Å². The summed E-state index contributed by atoms with van der Waals surface area (Å²) in [5.74, 6) is 0. The Morgan fingerprint density at radius 1 is 1.07 bits per heavy atom. The second kappa shape index (κ2) is 8.48. The van der Waals surface area contributed by atoms with Gasteiger partial charge in [0.2, 0.25) is 10.0 Å². The van der Waals surface area contributed by atoms with E-state index in [-0.39, 0.29) is 0 Å². The number of sulfonamides is 1. The molecular weight excluding hydrogens is 398 g/mol. The first kappa shape index (κ1) is 21.0. The minimum atomic E-state index is -3.50. The maximum absolute atomic E-state index is 13.1. The lowest BCUT2D eigenvalue weighted by molar-refractivity contribution is -0.110. The Bertz CT molecular complexity index is 1050. The SMILES string of the molecule is Cc1ccccc1S(=O)(=O)N1CCC2(CC1)OCCN2CCc1ccccc1C#N. The van der Waals surface area contributed by atoms with Crippen molar-refractivity contribution in [2.45, 2.75) is 36.8 Å². The third kappa shape index (κ3) is 3.88. The molecule has 2 aliphatic rings. The van der Waals surface area contributed by atoms with Crippen LogP contribution in [0.1, 0.15) is 29.5 Å². The van der Waals surface area contributed by atoms with Gasteiger partial charge in [-0.05, 0) is 36.6 Å². The topological polar surface area (TPSA) is 73.6 Å². The summed E-state index contributed by atoms with van der Waals surface area (Å²) >= 11 is 0. The van der Waals surface area contributed by atoms with E-state index in [0.29, 0.717) is 43.0 Å². The lowest BCUT2D eigenvalue weighted by Gasteiger charge is -2.43. The van der Waals surface area contributed by atoms with Crippen LogP contribution in [0, 0.1) is 18.3 Å². The molecule has 0 unspecified atom stereocenters. The zero-order chi connectivity index (χ0) is 21.2. The summed E-state index contributed by atoms with van der Waals surface area (Å²) in [7, 11) is -3.50. The summed E-state index contributed by atoms with van der Waals surface area (Å²) < 4.78 is 34.0. The molecule has 2 fully saturated rings. The van der Waals surface area contributed by atoms with Gasteiger partial charge < -0.3 is 4.74 Å². The van der Waals surface area contributed by atoms with E-state index in [2.05, 4.69) is 11.0 Å². The summed E-state index contributed by atoms with van der Waals surface area (Å²) in [6, 6.07) is 17.1. The fraction of sp³-hybridized carbons (Fsp3) is 0.435. The Balaban J connectivity index is 1.44. The number of nitriles is 1. The maximum Gasteiger partial charge on any atom is 0.243 e. The highest BCUT2D eigenvalue weighted by Crippen LogP contribution is 2.36. The van der Waals surface area contributed by atoms with Crippen LogP contribution in [0.5, 0.6) is 0 Å². The third-order valence-electron chi connectivity index (χ3n) is 6.31. The minimum Gasteiger partial charge on any atom is -0.359 e. The third-order valence-corrected chi connectivity index (χ3v) is 8.37. The van der Waals surface area contributed by atoms with E-state index in [1.807, 2.05) is 43.3 Å². The van der Waals surface area contributed by atoms with Gasteiger partial charge >= 0.3 is 0 Å².